The highest BCUT2D eigenvalue weighted by molar-refractivity contribution is 14.1. The zero-order valence-electron chi connectivity index (χ0n) is 8.84. The van der Waals surface area contributed by atoms with Gasteiger partial charge in [-0.3, -0.25) is 0 Å². The summed E-state index contributed by atoms with van der Waals surface area (Å²) in [6.45, 7) is 7.10. The lowest BCUT2D eigenvalue weighted by atomic mass is 10.1. The first-order valence-corrected chi connectivity index (χ1v) is 6.33. The lowest BCUT2D eigenvalue weighted by Crippen LogP contribution is -2.45. The van der Waals surface area contributed by atoms with Crippen molar-refractivity contribution in [2.75, 3.05) is 46.4 Å². The van der Waals surface area contributed by atoms with Gasteiger partial charge in [0.1, 0.15) is 0 Å². The van der Waals surface area contributed by atoms with Gasteiger partial charge in [-0.2, -0.15) is 0 Å². The third-order valence-corrected chi connectivity index (χ3v) is 4.25. The summed E-state index contributed by atoms with van der Waals surface area (Å²) in [7, 11) is 1.82. The summed E-state index contributed by atoms with van der Waals surface area (Å²) in [6.07, 6.45) is 2.73. The molecule has 1 aliphatic heterocycles. The average Bonchev–Trinajstić information content (AvgIpc) is 2.90. The van der Waals surface area contributed by atoms with E-state index in [1.54, 1.807) is 0 Å². The van der Waals surface area contributed by atoms with E-state index in [1.807, 2.05) is 7.11 Å². The molecule has 1 heterocycles. The van der Waals surface area contributed by atoms with Crippen molar-refractivity contribution in [3.8, 4) is 0 Å². The van der Waals surface area contributed by atoms with Crippen LogP contribution in [0.4, 0.5) is 0 Å². The molecule has 0 amide bonds. The van der Waals surface area contributed by atoms with E-state index in [2.05, 4.69) is 30.9 Å². The first kappa shape index (κ1) is 11.1. The first-order valence-electron chi connectivity index (χ1n) is 5.36. The van der Waals surface area contributed by atoms with Crippen molar-refractivity contribution in [2.24, 2.45) is 5.41 Å². The Bertz CT molecular complexity index is 189. The predicted molar refractivity (Wildman–Crippen MR) is 65.6 cm³/mol. The topological polar surface area (TPSA) is 15.7 Å². The van der Waals surface area contributed by atoms with Crippen molar-refractivity contribution in [1.29, 1.82) is 0 Å². The van der Waals surface area contributed by atoms with Crippen LogP contribution in [0.1, 0.15) is 12.8 Å². The molecule has 4 heteroatoms. The number of hydrogen-bond acceptors (Lipinski definition) is 3. The number of nitrogens with zero attached hydrogens (tertiary/aromatic N) is 2. The van der Waals surface area contributed by atoms with Gasteiger partial charge in [0.05, 0.1) is 6.61 Å². The van der Waals surface area contributed by atoms with Gasteiger partial charge in [0.2, 0.25) is 0 Å². The Morgan fingerprint density at radius 2 is 1.86 bits per heavy atom. The fourth-order valence-corrected chi connectivity index (χ4v) is 2.62. The standard InChI is InChI=1S/C10H19IN2O/c1-14-9-10(2-3-10)8-12-4-6-13(11)7-5-12/h2-9H2,1H3. The molecular weight excluding hydrogens is 291 g/mol. The fraction of sp³-hybridized carbons (Fsp3) is 1.00. The Hall–Kier alpha value is 0.610. The molecule has 1 saturated heterocycles. The Morgan fingerprint density at radius 1 is 1.21 bits per heavy atom. The summed E-state index contributed by atoms with van der Waals surface area (Å²) in [5.74, 6) is 0. The molecule has 0 spiro atoms. The fourth-order valence-electron chi connectivity index (χ4n) is 2.19. The number of ether oxygens (including phenoxy) is 1. The maximum Gasteiger partial charge on any atom is 0.0530 e. The van der Waals surface area contributed by atoms with E-state index in [-0.39, 0.29) is 0 Å². The molecule has 2 aliphatic rings. The van der Waals surface area contributed by atoms with Crippen LogP contribution in [0.25, 0.3) is 0 Å². The minimum absolute atomic E-state index is 0.530. The molecule has 1 saturated carbocycles. The van der Waals surface area contributed by atoms with Crippen LogP contribution in [0.5, 0.6) is 0 Å². The van der Waals surface area contributed by atoms with Crippen LogP contribution in [0.15, 0.2) is 0 Å². The maximum atomic E-state index is 5.29. The molecule has 0 unspecified atom stereocenters. The second-order valence-electron chi connectivity index (χ2n) is 4.62. The van der Waals surface area contributed by atoms with E-state index in [0.29, 0.717) is 5.41 Å². The average molecular weight is 310 g/mol. The van der Waals surface area contributed by atoms with E-state index in [4.69, 9.17) is 4.74 Å². The van der Waals surface area contributed by atoms with Crippen molar-refractivity contribution < 1.29 is 4.74 Å². The third-order valence-electron chi connectivity index (χ3n) is 3.28. The number of piperazine rings is 1. The Morgan fingerprint density at radius 3 is 2.36 bits per heavy atom. The molecule has 0 atom stereocenters. The van der Waals surface area contributed by atoms with Crippen LogP contribution >= 0.6 is 22.9 Å². The molecule has 2 rings (SSSR count). The van der Waals surface area contributed by atoms with E-state index >= 15 is 0 Å². The van der Waals surface area contributed by atoms with Gasteiger partial charge in [0.25, 0.3) is 0 Å². The van der Waals surface area contributed by atoms with Gasteiger partial charge in [0, 0.05) is 68.1 Å². The van der Waals surface area contributed by atoms with Crippen molar-refractivity contribution >= 4 is 22.9 Å². The van der Waals surface area contributed by atoms with Crippen LogP contribution in [0, 0.1) is 5.41 Å². The molecule has 0 radical (unpaired) electrons. The molecule has 0 aromatic heterocycles. The first-order chi connectivity index (χ1) is 6.74. The van der Waals surface area contributed by atoms with Gasteiger partial charge in [-0.05, 0) is 12.8 Å². The molecule has 82 valence electrons. The van der Waals surface area contributed by atoms with Gasteiger partial charge in [-0.25, -0.2) is 3.11 Å². The molecule has 0 aromatic rings. The van der Waals surface area contributed by atoms with Crippen LogP contribution in [-0.4, -0.2) is 54.5 Å². The highest BCUT2D eigenvalue weighted by Gasteiger charge is 2.44. The normalized spacial score (nSPS) is 27.9. The van der Waals surface area contributed by atoms with Crippen LogP contribution in [0.2, 0.25) is 0 Å². The van der Waals surface area contributed by atoms with E-state index < -0.39 is 0 Å². The zero-order chi connectivity index (χ0) is 10.0. The van der Waals surface area contributed by atoms with Crippen LogP contribution in [-0.2, 0) is 4.74 Å². The second kappa shape index (κ2) is 4.63. The minimum Gasteiger partial charge on any atom is -0.384 e. The summed E-state index contributed by atoms with van der Waals surface area (Å²) in [5, 5.41) is 0. The summed E-state index contributed by atoms with van der Waals surface area (Å²) < 4.78 is 7.67. The zero-order valence-corrected chi connectivity index (χ0v) is 11.0. The lowest BCUT2D eigenvalue weighted by Gasteiger charge is -2.33. The quantitative estimate of drug-likeness (QED) is 0.576. The van der Waals surface area contributed by atoms with Crippen molar-refractivity contribution in [3.63, 3.8) is 0 Å². The molecule has 1 aliphatic carbocycles. The summed E-state index contributed by atoms with van der Waals surface area (Å²) >= 11 is 2.42. The number of methoxy groups -OCH3 is 1. The van der Waals surface area contributed by atoms with Crippen molar-refractivity contribution in [1.82, 2.24) is 8.01 Å². The van der Waals surface area contributed by atoms with E-state index in [9.17, 15) is 0 Å². The lowest BCUT2D eigenvalue weighted by molar-refractivity contribution is 0.0964. The van der Waals surface area contributed by atoms with Gasteiger partial charge in [-0.1, -0.05) is 0 Å². The SMILES string of the molecule is COCC1(CN2CCN(I)CC2)CC1. The molecular formula is C10H19IN2O. The van der Waals surface area contributed by atoms with Crippen molar-refractivity contribution in [2.45, 2.75) is 12.8 Å². The number of hydrogen-bond donors (Lipinski definition) is 0. The Kier molecular flexibility index (Phi) is 3.68. The van der Waals surface area contributed by atoms with Crippen LogP contribution in [0.3, 0.4) is 0 Å². The maximum absolute atomic E-state index is 5.29. The Balaban J connectivity index is 1.75. The van der Waals surface area contributed by atoms with E-state index in [1.165, 1.54) is 45.6 Å². The molecule has 14 heavy (non-hydrogen) atoms. The van der Waals surface area contributed by atoms with Crippen molar-refractivity contribution in [3.05, 3.63) is 0 Å². The second-order valence-corrected chi connectivity index (χ2v) is 5.98. The summed E-state index contributed by atoms with van der Waals surface area (Å²) in [5.41, 5.74) is 0.530. The van der Waals surface area contributed by atoms with Crippen LogP contribution < -0.4 is 0 Å². The Labute approximate surface area is 100 Å². The van der Waals surface area contributed by atoms with Gasteiger partial charge in [-0.15, -0.1) is 0 Å². The highest BCUT2D eigenvalue weighted by Crippen LogP contribution is 2.46. The molecule has 2 fully saturated rings. The largest absolute Gasteiger partial charge is 0.384 e. The molecule has 0 bridgehead atoms. The number of halogens is 1. The summed E-state index contributed by atoms with van der Waals surface area (Å²) in [6, 6.07) is 0. The minimum atomic E-state index is 0.530. The molecule has 3 nitrogen and oxygen atoms in total. The summed E-state index contributed by atoms with van der Waals surface area (Å²) in [4.78, 5) is 2.60. The molecule has 0 N–H and O–H groups in total. The van der Waals surface area contributed by atoms with E-state index in [0.717, 1.165) is 6.61 Å². The van der Waals surface area contributed by atoms with Gasteiger partial charge < -0.3 is 9.64 Å². The molecule has 0 aromatic carbocycles. The predicted octanol–water partition coefficient (Wildman–Crippen LogP) is 1.38. The highest BCUT2D eigenvalue weighted by atomic mass is 127. The number of rotatable bonds is 4. The smallest absolute Gasteiger partial charge is 0.0530 e. The van der Waals surface area contributed by atoms with Gasteiger partial charge >= 0.3 is 0 Å². The monoisotopic (exact) mass is 310 g/mol. The third kappa shape index (κ3) is 2.81. The van der Waals surface area contributed by atoms with Gasteiger partial charge in [0.15, 0.2) is 0 Å².